The van der Waals surface area contributed by atoms with Gasteiger partial charge in [0.15, 0.2) is 5.69 Å². The molecule has 1 aliphatic heterocycles. The highest BCUT2D eigenvalue weighted by Gasteiger charge is 2.26. The number of aromatic nitrogens is 1. The van der Waals surface area contributed by atoms with Gasteiger partial charge in [0.25, 0.3) is 0 Å². The molecule has 156 valence electrons. The van der Waals surface area contributed by atoms with Crippen LogP contribution in [0.5, 0.6) is 0 Å². The molecule has 1 aliphatic rings. The Morgan fingerprint density at radius 1 is 1.34 bits per heavy atom. The second kappa shape index (κ2) is 10.1. The number of hydrogen-bond acceptors (Lipinski definition) is 6. The third-order valence-corrected chi connectivity index (χ3v) is 4.48. The number of para-hydroxylation sites is 1. The molecule has 0 amide bonds. The van der Waals surface area contributed by atoms with Crippen LogP contribution in [0.15, 0.2) is 42.5 Å². The number of aliphatic hydroxyl groups is 1. The first kappa shape index (κ1) is 22.5. The first-order chi connectivity index (χ1) is 13.7. The van der Waals surface area contributed by atoms with Crippen LogP contribution in [0.25, 0.3) is 10.9 Å². The molecule has 0 saturated carbocycles. The number of aliphatic carboxylic acids is 1. The van der Waals surface area contributed by atoms with Crippen molar-refractivity contribution in [2.45, 2.75) is 26.0 Å². The summed E-state index contributed by atoms with van der Waals surface area (Å²) >= 11 is 0. The maximum atomic E-state index is 11.6. The summed E-state index contributed by atoms with van der Waals surface area (Å²) in [5.41, 5.74) is 1.66. The second-order valence-electron chi connectivity index (χ2n) is 7.12. The van der Waals surface area contributed by atoms with Gasteiger partial charge in [-0.1, -0.05) is 24.8 Å². The monoisotopic (exact) mass is 401 g/mol. The van der Waals surface area contributed by atoms with Crippen LogP contribution < -0.4 is 5.32 Å². The Morgan fingerprint density at radius 2 is 2.00 bits per heavy atom. The summed E-state index contributed by atoms with van der Waals surface area (Å²) in [6, 6.07) is 9.33. The van der Waals surface area contributed by atoms with Crippen molar-refractivity contribution in [3.8, 4) is 0 Å². The van der Waals surface area contributed by atoms with Crippen LogP contribution in [-0.4, -0.2) is 69.4 Å². The van der Waals surface area contributed by atoms with E-state index in [1.54, 1.807) is 6.92 Å². The number of piperazine rings is 1. The number of carboxylic acids is 2. The van der Waals surface area contributed by atoms with E-state index >= 15 is 0 Å². The summed E-state index contributed by atoms with van der Waals surface area (Å²) in [6.45, 7) is 9.20. The number of aliphatic hydroxyl groups excluding tert-OH is 1. The standard InChI is InChI=1S/C17H21N3O3.C4H6O2/c1-11(21)9-20-7-6-18-15(10-20)13-8-12-4-2-3-5-14(12)19-16(13)17(22)23;1-3(2)4(5)6/h2-5,8,11,15,18,21H,6-7,9-10H2,1H3,(H,22,23);1H2,2H3,(H,5,6). The number of β-amino-alcohol motifs (C(OH)–C–C–N with tert-alkyl or cyclic N) is 1. The first-order valence-corrected chi connectivity index (χ1v) is 9.34. The predicted octanol–water partition coefficient (Wildman–Crippen LogP) is 1.91. The van der Waals surface area contributed by atoms with Gasteiger partial charge in [0.1, 0.15) is 0 Å². The van der Waals surface area contributed by atoms with Crippen molar-refractivity contribution in [2.24, 2.45) is 0 Å². The maximum Gasteiger partial charge on any atom is 0.354 e. The van der Waals surface area contributed by atoms with Gasteiger partial charge >= 0.3 is 11.9 Å². The summed E-state index contributed by atoms with van der Waals surface area (Å²) in [4.78, 5) is 27.7. The van der Waals surface area contributed by atoms with E-state index in [2.05, 4.69) is 21.8 Å². The van der Waals surface area contributed by atoms with Crippen molar-refractivity contribution in [1.82, 2.24) is 15.2 Å². The predicted molar refractivity (Wildman–Crippen MR) is 110 cm³/mol. The average Bonchev–Trinajstić information content (AvgIpc) is 2.67. The average molecular weight is 401 g/mol. The summed E-state index contributed by atoms with van der Waals surface area (Å²) in [5, 5.41) is 31.3. The van der Waals surface area contributed by atoms with Crippen molar-refractivity contribution in [3.63, 3.8) is 0 Å². The number of carbonyl (C=O) groups is 2. The molecule has 2 atom stereocenters. The molecule has 2 aromatic rings. The smallest absolute Gasteiger partial charge is 0.354 e. The minimum absolute atomic E-state index is 0.0973. The van der Waals surface area contributed by atoms with Gasteiger partial charge in [-0.25, -0.2) is 14.6 Å². The SMILES string of the molecule is C=C(C)C(=O)O.CC(O)CN1CCNC(c2cc3ccccc3nc2C(=O)O)C1. The topological polar surface area (TPSA) is 123 Å². The van der Waals surface area contributed by atoms with Crippen LogP contribution in [0.1, 0.15) is 35.9 Å². The van der Waals surface area contributed by atoms with Gasteiger partial charge in [0, 0.05) is 48.7 Å². The Labute approximate surface area is 169 Å². The number of fused-ring (bicyclic) bond motifs is 1. The highest BCUT2D eigenvalue weighted by atomic mass is 16.4. The minimum atomic E-state index is -1.01. The summed E-state index contributed by atoms with van der Waals surface area (Å²) < 4.78 is 0. The number of pyridine rings is 1. The van der Waals surface area contributed by atoms with E-state index < -0.39 is 18.0 Å². The van der Waals surface area contributed by atoms with E-state index in [-0.39, 0.29) is 17.3 Å². The molecule has 8 heteroatoms. The van der Waals surface area contributed by atoms with Gasteiger partial charge in [-0.2, -0.15) is 0 Å². The molecule has 0 aliphatic carbocycles. The zero-order chi connectivity index (χ0) is 21.6. The van der Waals surface area contributed by atoms with E-state index in [0.29, 0.717) is 24.2 Å². The fourth-order valence-electron chi connectivity index (χ4n) is 3.13. The van der Waals surface area contributed by atoms with Crippen molar-refractivity contribution in [3.05, 3.63) is 53.7 Å². The first-order valence-electron chi connectivity index (χ1n) is 9.34. The van der Waals surface area contributed by atoms with Gasteiger partial charge in [-0.15, -0.1) is 0 Å². The van der Waals surface area contributed by atoms with Crippen molar-refractivity contribution in [1.29, 1.82) is 0 Å². The molecule has 0 spiro atoms. The zero-order valence-corrected chi connectivity index (χ0v) is 16.6. The Balaban J connectivity index is 0.000000438. The lowest BCUT2D eigenvalue weighted by Gasteiger charge is -2.34. The van der Waals surface area contributed by atoms with Gasteiger partial charge < -0.3 is 20.6 Å². The molecule has 1 saturated heterocycles. The molecule has 0 bridgehead atoms. The lowest BCUT2D eigenvalue weighted by Crippen LogP contribution is -2.48. The second-order valence-corrected chi connectivity index (χ2v) is 7.12. The third-order valence-electron chi connectivity index (χ3n) is 4.48. The van der Waals surface area contributed by atoms with Crippen LogP contribution in [0, 0.1) is 0 Å². The van der Waals surface area contributed by atoms with Crippen molar-refractivity contribution in [2.75, 3.05) is 26.2 Å². The maximum absolute atomic E-state index is 11.6. The summed E-state index contributed by atoms with van der Waals surface area (Å²) in [7, 11) is 0. The van der Waals surface area contributed by atoms with Crippen LogP contribution in [0.4, 0.5) is 0 Å². The van der Waals surface area contributed by atoms with Crippen LogP contribution >= 0.6 is 0 Å². The highest BCUT2D eigenvalue weighted by Crippen LogP contribution is 2.25. The van der Waals surface area contributed by atoms with Gasteiger partial charge in [0.05, 0.1) is 11.6 Å². The molecular weight excluding hydrogens is 374 g/mol. The molecule has 1 aromatic carbocycles. The Hall–Kier alpha value is -2.81. The lowest BCUT2D eigenvalue weighted by molar-refractivity contribution is -0.132. The molecule has 3 rings (SSSR count). The normalized spacial score (nSPS) is 17.8. The molecule has 1 aromatic heterocycles. The summed E-state index contributed by atoms with van der Waals surface area (Å²) in [6.07, 6.45) is -0.401. The fraction of sp³-hybridized carbons (Fsp3) is 0.381. The number of rotatable bonds is 5. The number of carboxylic acid groups (broad SMARTS) is 2. The van der Waals surface area contributed by atoms with Crippen molar-refractivity contribution < 1.29 is 24.9 Å². The fourth-order valence-corrected chi connectivity index (χ4v) is 3.13. The Bertz CT molecular complexity index is 885. The minimum Gasteiger partial charge on any atom is -0.478 e. The van der Waals surface area contributed by atoms with Gasteiger partial charge in [0.2, 0.25) is 0 Å². The largest absolute Gasteiger partial charge is 0.478 e. The van der Waals surface area contributed by atoms with E-state index in [4.69, 9.17) is 5.11 Å². The van der Waals surface area contributed by atoms with Gasteiger partial charge in [-0.3, -0.25) is 4.90 Å². The highest BCUT2D eigenvalue weighted by molar-refractivity contribution is 5.92. The molecule has 4 N–H and O–H groups in total. The molecule has 29 heavy (non-hydrogen) atoms. The van der Waals surface area contributed by atoms with E-state index in [9.17, 15) is 19.8 Å². The molecular formula is C21H27N3O5. The van der Waals surface area contributed by atoms with E-state index in [1.807, 2.05) is 30.3 Å². The molecule has 0 radical (unpaired) electrons. The van der Waals surface area contributed by atoms with Crippen LogP contribution in [-0.2, 0) is 4.79 Å². The van der Waals surface area contributed by atoms with E-state index in [0.717, 1.165) is 18.5 Å². The lowest BCUT2D eigenvalue weighted by atomic mass is 10.00. The Kier molecular flexibility index (Phi) is 7.83. The summed E-state index contributed by atoms with van der Waals surface area (Å²) in [5.74, 6) is -1.95. The molecule has 2 unspecified atom stereocenters. The van der Waals surface area contributed by atoms with Gasteiger partial charge in [-0.05, 0) is 26.0 Å². The number of nitrogens with zero attached hydrogens (tertiary/aromatic N) is 2. The number of benzene rings is 1. The Morgan fingerprint density at radius 3 is 2.59 bits per heavy atom. The quantitative estimate of drug-likeness (QED) is 0.560. The molecule has 2 heterocycles. The third kappa shape index (κ3) is 6.35. The number of nitrogens with one attached hydrogen (secondary N) is 1. The van der Waals surface area contributed by atoms with E-state index in [1.165, 1.54) is 6.92 Å². The van der Waals surface area contributed by atoms with Crippen LogP contribution in [0.3, 0.4) is 0 Å². The molecule has 8 nitrogen and oxygen atoms in total. The number of aromatic carboxylic acids is 1. The van der Waals surface area contributed by atoms with Crippen LogP contribution in [0.2, 0.25) is 0 Å². The van der Waals surface area contributed by atoms with Crippen molar-refractivity contribution >= 4 is 22.8 Å². The molecule has 1 fully saturated rings. The zero-order valence-electron chi connectivity index (χ0n) is 16.6. The number of hydrogen-bond donors (Lipinski definition) is 4.